The van der Waals surface area contributed by atoms with Crippen LogP contribution in [0.2, 0.25) is 0 Å². The Morgan fingerprint density at radius 2 is 2.00 bits per heavy atom. The van der Waals surface area contributed by atoms with Gasteiger partial charge in [0.15, 0.2) is 0 Å². The van der Waals surface area contributed by atoms with E-state index >= 15 is 0 Å². The molecule has 1 aromatic carbocycles. The number of nitrogens with zero attached hydrogens (tertiary/aromatic N) is 2. The normalized spacial score (nSPS) is 11.4. The van der Waals surface area contributed by atoms with E-state index in [1.165, 1.54) is 0 Å². The fraction of sp³-hybridized carbons (Fsp3) is 0.294. The average molecular weight is 314 g/mol. The van der Waals surface area contributed by atoms with Crippen LogP contribution in [0.25, 0.3) is 0 Å². The largest absolute Gasteiger partial charge is 0.481 e. The van der Waals surface area contributed by atoms with Gasteiger partial charge in [0, 0.05) is 31.4 Å². The molecule has 1 aromatic heterocycles. The second-order valence-electron chi connectivity index (χ2n) is 5.22. The first-order valence-electron chi connectivity index (χ1n) is 7.43. The van der Waals surface area contributed by atoms with Crippen molar-refractivity contribution in [2.75, 3.05) is 30.9 Å². The van der Waals surface area contributed by atoms with Crippen LogP contribution in [-0.2, 0) is 0 Å². The predicted octanol–water partition coefficient (Wildman–Crippen LogP) is 2.74. The van der Waals surface area contributed by atoms with E-state index in [2.05, 4.69) is 27.4 Å². The summed E-state index contributed by atoms with van der Waals surface area (Å²) in [6, 6.07) is 13.4. The molecule has 2 aromatic rings. The molecule has 0 radical (unpaired) electrons. The van der Waals surface area contributed by atoms with Gasteiger partial charge in [-0.15, -0.1) is 0 Å². The number of ether oxygens (including phenoxy) is 1. The Hall–Kier alpha value is -2.76. The fourth-order valence-electron chi connectivity index (χ4n) is 2.05. The molecule has 0 spiro atoms. The Balaban J connectivity index is 1.81. The molecule has 0 fully saturated rings. The Kier molecular flexibility index (Phi) is 5.80. The molecule has 0 saturated heterocycles. The van der Waals surface area contributed by atoms with Crippen LogP contribution in [0.15, 0.2) is 48.7 Å². The molecular weight excluding hydrogens is 292 g/mol. The van der Waals surface area contributed by atoms with Crippen molar-refractivity contribution in [1.29, 1.82) is 0 Å². The van der Waals surface area contributed by atoms with Crippen LogP contribution in [0.5, 0.6) is 5.88 Å². The Bertz CT molecular complexity index is 616. The monoisotopic (exact) mass is 314 g/mol. The number of likely N-dealkylation sites (N-methyl/N-ethyl adjacent to an activating group) is 1. The predicted molar refractivity (Wildman–Crippen MR) is 92.1 cm³/mol. The van der Waals surface area contributed by atoms with E-state index in [9.17, 15) is 4.79 Å². The maximum Gasteiger partial charge on any atom is 0.319 e. The van der Waals surface area contributed by atoms with Gasteiger partial charge in [-0.3, -0.25) is 0 Å². The Labute approximate surface area is 136 Å². The molecule has 1 atom stereocenters. The molecule has 2 rings (SSSR count). The molecule has 0 bridgehead atoms. The van der Waals surface area contributed by atoms with Gasteiger partial charge in [-0.2, -0.15) is 0 Å². The SMILES string of the molecule is COc1ccc(NC(=O)NC[C@@H](C)N(C)c2ccccc2)cn1. The van der Waals surface area contributed by atoms with E-state index in [0.29, 0.717) is 18.1 Å². The van der Waals surface area contributed by atoms with Gasteiger partial charge < -0.3 is 20.3 Å². The van der Waals surface area contributed by atoms with Gasteiger partial charge in [-0.1, -0.05) is 18.2 Å². The van der Waals surface area contributed by atoms with Gasteiger partial charge in [-0.25, -0.2) is 9.78 Å². The van der Waals surface area contributed by atoms with E-state index < -0.39 is 0 Å². The minimum absolute atomic E-state index is 0.164. The third-order valence-corrected chi connectivity index (χ3v) is 3.59. The number of carbonyl (C=O) groups is 1. The highest BCUT2D eigenvalue weighted by Gasteiger charge is 2.11. The maximum absolute atomic E-state index is 11.9. The first-order chi connectivity index (χ1) is 11.1. The molecule has 0 aliphatic carbocycles. The smallest absolute Gasteiger partial charge is 0.319 e. The highest BCUT2D eigenvalue weighted by Crippen LogP contribution is 2.14. The van der Waals surface area contributed by atoms with Gasteiger partial charge in [0.05, 0.1) is 19.0 Å². The summed E-state index contributed by atoms with van der Waals surface area (Å²) in [7, 11) is 3.56. The number of carbonyl (C=O) groups excluding carboxylic acids is 1. The van der Waals surface area contributed by atoms with Crippen molar-refractivity contribution in [3.63, 3.8) is 0 Å². The quantitative estimate of drug-likeness (QED) is 0.860. The first-order valence-corrected chi connectivity index (χ1v) is 7.43. The Morgan fingerprint density at radius 3 is 2.61 bits per heavy atom. The van der Waals surface area contributed by atoms with E-state index in [0.717, 1.165) is 5.69 Å². The lowest BCUT2D eigenvalue weighted by molar-refractivity contribution is 0.251. The number of para-hydroxylation sites is 1. The van der Waals surface area contributed by atoms with Crippen LogP contribution in [0.4, 0.5) is 16.2 Å². The zero-order chi connectivity index (χ0) is 16.7. The van der Waals surface area contributed by atoms with Crippen LogP contribution in [-0.4, -0.2) is 37.8 Å². The van der Waals surface area contributed by atoms with Gasteiger partial charge in [0.25, 0.3) is 0 Å². The minimum Gasteiger partial charge on any atom is -0.481 e. The van der Waals surface area contributed by atoms with Crippen molar-refractivity contribution < 1.29 is 9.53 Å². The zero-order valence-corrected chi connectivity index (χ0v) is 13.6. The summed E-state index contributed by atoms with van der Waals surface area (Å²) in [6.07, 6.45) is 1.55. The summed E-state index contributed by atoms with van der Waals surface area (Å²) < 4.78 is 4.98. The molecule has 0 saturated carbocycles. The third kappa shape index (κ3) is 4.88. The summed E-state index contributed by atoms with van der Waals surface area (Å²) >= 11 is 0. The molecule has 1 heterocycles. The second-order valence-corrected chi connectivity index (χ2v) is 5.22. The van der Waals surface area contributed by atoms with E-state index in [4.69, 9.17) is 4.74 Å². The molecule has 23 heavy (non-hydrogen) atoms. The standard InChI is InChI=1S/C17H22N4O2/c1-13(21(2)15-7-5-4-6-8-15)11-19-17(22)20-14-9-10-16(23-3)18-12-14/h4-10,12-13H,11H2,1-3H3,(H2,19,20,22)/t13-/m1/s1. The number of hydrogen-bond donors (Lipinski definition) is 2. The number of rotatable bonds is 6. The molecule has 122 valence electrons. The number of benzene rings is 1. The topological polar surface area (TPSA) is 66.5 Å². The van der Waals surface area contributed by atoms with E-state index in [-0.39, 0.29) is 12.1 Å². The molecule has 0 aliphatic rings. The molecule has 6 nitrogen and oxygen atoms in total. The van der Waals surface area contributed by atoms with Crippen LogP contribution in [0.1, 0.15) is 6.92 Å². The molecule has 2 amide bonds. The van der Waals surface area contributed by atoms with Crippen molar-refractivity contribution in [2.24, 2.45) is 0 Å². The van der Waals surface area contributed by atoms with Gasteiger partial charge in [0.1, 0.15) is 0 Å². The van der Waals surface area contributed by atoms with E-state index in [1.807, 2.05) is 37.4 Å². The minimum atomic E-state index is -0.259. The van der Waals surface area contributed by atoms with Crippen LogP contribution in [0, 0.1) is 0 Å². The van der Waals surface area contributed by atoms with Crippen molar-refractivity contribution >= 4 is 17.4 Å². The number of pyridine rings is 1. The number of hydrogen-bond acceptors (Lipinski definition) is 4. The summed E-state index contributed by atoms with van der Waals surface area (Å²) in [4.78, 5) is 18.1. The van der Waals surface area contributed by atoms with Crippen LogP contribution >= 0.6 is 0 Å². The number of urea groups is 1. The highest BCUT2D eigenvalue weighted by atomic mass is 16.5. The maximum atomic E-state index is 11.9. The van der Waals surface area contributed by atoms with E-state index in [1.54, 1.807) is 25.4 Å². The molecule has 0 unspecified atom stereocenters. The summed E-state index contributed by atoms with van der Waals surface area (Å²) in [6.45, 7) is 2.59. The van der Waals surface area contributed by atoms with Crippen molar-refractivity contribution in [3.05, 3.63) is 48.7 Å². The Morgan fingerprint density at radius 1 is 1.26 bits per heavy atom. The van der Waals surface area contributed by atoms with Gasteiger partial charge in [0.2, 0.25) is 5.88 Å². The number of nitrogens with one attached hydrogen (secondary N) is 2. The fourth-order valence-corrected chi connectivity index (χ4v) is 2.05. The van der Waals surface area contributed by atoms with Gasteiger partial charge in [-0.05, 0) is 25.1 Å². The van der Waals surface area contributed by atoms with Gasteiger partial charge >= 0.3 is 6.03 Å². The molecular formula is C17H22N4O2. The van der Waals surface area contributed by atoms with Crippen molar-refractivity contribution in [2.45, 2.75) is 13.0 Å². The van der Waals surface area contributed by atoms with Crippen molar-refractivity contribution in [1.82, 2.24) is 10.3 Å². The zero-order valence-electron chi connectivity index (χ0n) is 13.6. The molecule has 0 aliphatic heterocycles. The van der Waals surface area contributed by atoms with Crippen LogP contribution in [0.3, 0.4) is 0 Å². The molecule has 2 N–H and O–H groups in total. The number of methoxy groups -OCH3 is 1. The summed E-state index contributed by atoms with van der Waals surface area (Å²) in [5.74, 6) is 0.508. The molecule has 6 heteroatoms. The number of aromatic nitrogens is 1. The van der Waals surface area contributed by atoms with Crippen LogP contribution < -0.4 is 20.3 Å². The number of amides is 2. The van der Waals surface area contributed by atoms with Crippen molar-refractivity contribution in [3.8, 4) is 5.88 Å². The second kappa shape index (κ2) is 8.03. The third-order valence-electron chi connectivity index (χ3n) is 3.59. The number of anilines is 2. The average Bonchev–Trinajstić information content (AvgIpc) is 2.60. The summed E-state index contributed by atoms with van der Waals surface area (Å²) in [5.41, 5.74) is 1.73. The lowest BCUT2D eigenvalue weighted by atomic mass is 10.2. The lowest BCUT2D eigenvalue weighted by Crippen LogP contribution is -2.41. The first kappa shape index (κ1) is 16.6. The highest BCUT2D eigenvalue weighted by molar-refractivity contribution is 5.89. The summed E-state index contributed by atoms with van der Waals surface area (Å²) in [5, 5.41) is 5.60. The lowest BCUT2D eigenvalue weighted by Gasteiger charge is -2.27.